The van der Waals surface area contributed by atoms with Crippen molar-refractivity contribution in [1.29, 1.82) is 0 Å². The normalized spacial score (nSPS) is 12.2. The smallest absolute Gasteiger partial charge is 0.287 e. The predicted octanol–water partition coefficient (Wildman–Crippen LogP) is 5.08. The highest BCUT2D eigenvalue weighted by Gasteiger charge is 2.22. The fraction of sp³-hybridized carbons (Fsp3) is 0.105. The molecule has 0 aliphatic carbocycles. The summed E-state index contributed by atoms with van der Waals surface area (Å²) in [7, 11) is 1.58. The van der Waals surface area contributed by atoms with Crippen molar-refractivity contribution >= 4 is 39.5 Å². The van der Waals surface area contributed by atoms with Gasteiger partial charge in [0.05, 0.1) is 13.2 Å². The first kappa shape index (κ1) is 15.9. The fourth-order valence-corrected chi connectivity index (χ4v) is 4.21. The van der Waals surface area contributed by atoms with E-state index in [1.54, 1.807) is 35.8 Å². The Hall–Kier alpha value is -2.57. The molecular formula is C19H15NO3S2. The number of hydrogen-bond acceptors (Lipinski definition) is 5. The van der Waals surface area contributed by atoms with Crippen molar-refractivity contribution in [3.05, 3.63) is 74.8 Å². The molecular weight excluding hydrogens is 354 g/mol. The molecule has 126 valence electrons. The lowest BCUT2D eigenvalue weighted by Crippen LogP contribution is -2.28. The monoisotopic (exact) mass is 369 g/mol. The maximum atomic E-state index is 12.8. The van der Waals surface area contributed by atoms with E-state index in [-0.39, 0.29) is 17.7 Å². The van der Waals surface area contributed by atoms with Gasteiger partial charge in [-0.2, -0.15) is 11.3 Å². The summed E-state index contributed by atoms with van der Waals surface area (Å²) in [6.07, 6.45) is 0. The molecule has 1 amide bonds. The number of hydrogen-bond donors (Lipinski definition) is 1. The molecule has 0 unspecified atom stereocenters. The molecule has 25 heavy (non-hydrogen) atoms. The van der Waals surface area contributed by atoms with Crippen molar-refractivity contribution in [2.75, 3.05) is 7.11 Å². The number of ether oxygens (including phenoxy) is 1. The summed E-state index contributed by atoms with van der Waals surface area (Å²) in [5.41, 5.74) is 1.65. The van der Waals surface area contributed by atoms with Crippen LogP contribution in [-0.2, 0) is 0 Å². The lowest BCUT2D eigenvalue weighted by Gasteiger charge is -2.15. The van der Waals surface area contributed by atoms with E-state index >= 15 is 0 Å². The highest BCUT2D eigenvalue weighted by atomic mass is 32.1. The van der Waals surface area contributed by atoms with Crippen molar-refractivity contribution in [2.24, 2.45) is 0 Å². The Morgan fingerprint density at radius 2 is 2.12 bits per heavy atom. The molecule has 1 aromatic carbocycles. The number of thiophene rings is 2. The van der Waals surface area contributed by atoms with Crippen LogP contribution in [0.25, 0.3) is 11.0 Å². The van der Waals surface area contributed by atoms with Crippen LogP contribution in [0, 0.1) is 0 Å². The summed E-state index contributed by atoms with van der Waals surface area (Å²) in [4.78, 5) is 13.9. The number of carbonyl (C=O) groups excluding carboxylic acids is 1. The second-order valence-electron chi connectivity index (χ2n) is 5.47. The molecule has 0 aliphatic rings. The van der Waals surface area contributed by atoms with Gasteiger partial charge in [-0.25, -0.2) is 0 Å². The molecule has 0 saturated carbocycles. The Kier molecular flexibility index (Phi) is 4.29. The Balaban J connectivity index is 1.66. The lowest BCUT2D eigenvalue weighted by atomic mass is 10.1. The Labute approximate surface area is 152 Å². The van der Waals surface area contributed by atoms with E-state index in [2.05, 4.69) is 5.32 Å². The van der Waals surface area contributed by atoms with Crippen LogP contribution in [0.3, 0.4) is 0 Å². The quantitative estimate of drug-likeness (QED) is 0.533. The molecule has 3 aromatic heterocycles. The Morgan fingerprint density at radius 3 is 2.84 bits per heavy atom. The summed E-state index contributed by atoms with van der Waals surface area (Å²) in [5.74, 6) is 0.642. The van der Waals surface area contributed by atoms with E-state index in [4.69, 9.17) is 9.15 Å². The second kappa shape index (κ2) is 6.74. The topological polar surface area (TPSA) is 51.5 Å². The molecule has 6 heteroatoms. The SMILES string of the molecule is COc1cccc2cc(C(=O)N[C@@H](c3ccsc3)c3cccs3)oc12. The second-order valence-corrected chi connectivity index (χ2v) is 7.23. The summed E-state index contributed by atoms with van der Waals surface area (Å²) in [5, 5.41) is 9.98. The summed E-state index contributed by atoms with van der Waals surface area (Å²) >= 11 is 3.23. The van der Waals surface area contributed by atoms with Crippen LogP contribution in [-0.4, -0.2) is 13.0 Å². The maximum absolute atomic E-state index is 12.8. The largest absolute Gasteiger partial charge is 0.493 e. The number of nitrogens with one attached hydrogen (secondary N) is 1. The number of rotatable bonds is 5. The maximum Gasteiger partial charge on any atom is 0.287 e. The summed E-state index contributed by atoms with van der Waals surface area (Å²) in [6.45, 7) is 0. The van der Waals surface area contributed by atoms with Crippen molar-refractivity contribution in [1.82, 2.24) is 5.32 Å². The first-order chi connectivity index (χ1) is 12.3. The van der Waals surface area contributed by atoms with Crippen LogP contribution in [0.4, 0.5) is 0 Å². The van der Waals surface area contributed by atoms with Crippen LogP contribution in [0.15, 0.2) is 63.0 Å². The van der Waals surface area contributed by atoms with Crippen LogP contribution in [0.5, 0.6) is 5.75 Å². The average molecular weight is 369 g/mol. The molecule has 0 fully saturated rings. The van der Waals surface area contributed by atoms with E-state index < -0.39 is 0 Å². The van der Waals surface area contributed by atoms with Crippen LogP contribution in [0.1, 0.15) is 27.0 Å². The van der Waals surface area contributed by atoms with Gasteiger partial charge in [0, 0.05) is 10.3 Å². The van der Waals surface area contributed by atoms with E-state index in [1.165, 1.54) is 0 Å². The van der Waals surface area contributed by atoms with Crippen molar-refractivity contribution < 1.29 is 13.9 Å². The van der Waals surface area contributed by atoms with Gasteiger partial charge in [0.2, 0.25) is 0 Å². The zero-order chi connectivity index (χ0) is 17.2. The van der Waals surface area contributed by atoms with Gasteiger partial charge in [0.25, 0.3) is 5.91 Å². The van der Waals surface area contributed by atoms with Gasteiger partial charge in [-0.05, 0) is 46.0 Å². The number of methoxy groups -OCH3 is 1. The van der Waals surface area contributed by atoms with Gasteiger partial charge in [-0.15, -0.1) is 11.3 Å². The number of carbonyl (C=O) groups is 1. The third kappa shape index (κ3) is 3.06. The molecule has 0 aliphatic heterocycles. The van der Waals surface area contributed by atoms with Crippen molar-refractivity contribution in [3.8, 4) is 5.75 Å². The van der Waals surface area contributed by atoms with E-state index in [0.29, 0.717) is 11.3 Å². The Morgan fingerprint density at radius 1 is 1.20 bits per heavy atom. The van der Waals surface area contributed by atoms with Crippen molar-refractivity contribution in [3.63, 3.8) is 0 Å². The molecule has 3 heterocycles. The zero-order valence-corrected chi connectivity index (χ0v) is 15.0. The summed E-state index contributed by atoms with van der Waals surface area (Å²) < 4.78 is 11.1. The number of amides is 1. The fourth-order valence-electron chi connectivity index (χ4n) is 2.72. The number of fused-ring (bicyclic) bond motifs is 1. The third-order valence-electron chi connectivity index (χ3n) is 3.93. The molecule has 0 saturated heterocycles. The third-order valence-corrected chi connectivity index (χ3v) is 5.57. The van der Waals surface area contributed by atoms with E-state index in [9.17, 15) is 4.79 Å². The van der Waals surface area contributed by atoms with E-state index in [0.717, 1.165) is 15.8 Å². The first-order valence-corrected chi connectivity index (χ1v) is 9.51. The molecule has 0 radical (unpaired) electrons. The predicted molar refractivity (Wildman–Crippen MR) is 101 cm³/mol. The number of para-hydroxylation sites is 1. The highest BCUT2D eigenvalue weighted by molar-refractivity contribution is 7.10. The first-order valence-electron chi connectivity index (χ1n) is 7.69. The van der Waals surface area contributed by atoms with Crippen LogP contribution >= 0.6 is 22.7 Å². The minimum Gasteiger partial charge on any atom is -0.493 e. The Bertz CT molecular complexity index is 953. The van der Waals surface area contributed by atoms with Crippen molar-refractivity contribution in [2.45, 2.75) is 6.04 Å². The molecule has 4 nitrogen and oxygen atoms in total. The average Bonchev–Trinajstić information content (AvgIpc) is 3.40. The molecule has 4 rings (SSSR count). The molecule has 1 N–H and O–H groups in total. The van der Waals surface area contributed by atoms with Gasteiger partial charge < -0.3 is 14.5 Å². The minimum atomic E-state index is -0.247. The zero-order valence-electron chi connectivity index (χ0n) is 13.4. The number of furan rings is 1. The lowest BCUT2D eigenvalue weighted by molar-refractivity contribution is 0.0917. The van der Waals surface area contributed by atoms with Gasteiger partial charge in [0.15, 0.2) is 17.1 Å². The minimum absolute atomic E-state index is 0.186. The molecule has 4 aromatic rings. The number of benzene rings is 1. The molecule has 1 atom stereocenters. The standard InChI is InChI=1S/C19H15NO3S2/c1-22-14-5-2-4-12-10-15(23-18(12)14)19(21)20-17(13-7-9-24-11-13)16-6-3-8-25-16/h2-11,17H,1H3,(H,20,21)/t17-/m0/s1. The van der Waals surface area contributed by atoms with Gasteiger partial charge in [0.1, 0.15) is 0 Å². The van der Waals surface area contributed by atoms with Gasteiger partial charge in [-0.3, -0.25) is 4.79 Å². The van der Waals surface area contributed by atoms with E-state index in [1.807, 2.05) is 52.5 Å². The molecule has 0 spiro atoms. The van der Waals surface area contributed by atoms with Crippen LogP contribution < -0.4 is 10.1 Å². The summed E-state index contributed by atoms with van der Waals surface area (Å²) in [6, 6.07) is 13.2. The van der Waals surface area contributed by atoms with Gasteiger partial charge in [-0.1, -0.05) is 18.2 Å². The molecule has 0 bridgehead atoms. The highest BCUT2D eigenvalue weighted by Crippen LogP contribution is 2.30. The van der Waals surface area contributed by atoms with Crippen LogP contribution in [0.2, 0.25) is 0 Å². The van der Waals surface area contributed by atoms with Gasteiger partial charge >= 0.3 is 0 Å².